The number of hydrogen-bond donors (Lipinski definition) is 0. The third kappa shape index (κ3) is 3.12. The van der Waals surface area contributed by atoms with E-state index in [1.54, 1.807) is 6.20 Å². The number of rotatable bonds is 4. The van der Waals surface area contributed by atoms with Crippen LogP contribution in [-0.2, 0) is 0 Å². The van der Waals surface area contributed by atoms with Gasteiger partial charge in [0, 0.05) is 29.0 Å². The molecule has 0 radical (unpaired) electrons. The van der Waals surface area contributed by atoms with E-state index in [-0.39, 0.29) is 12.1 Å². The average molecular weight is 481 g/mol. The number of allylic oxidation sites excluding steroid dienone is 1. The number of benzene rings is 2. The van der Waals surface area contributed by atoms with Crippen LogP contribution in [0.1, 0.15) is 18.5 Å². The Morgan fingerprint density at radius 2 is 1.73 bits per heavy atom. The SMILES string of the molecule is C=NC1c2cnc3c4ccccc4n(-c4ccc5ncccc5n4)c3c2N(c2ccccc2)C1/C=C\C. The molecule has 6 nitrogen and oxygen atoms in total. The van der Waals surface area contributed by atoms with Crippen molar-refractivity contribution in [2.45, 2.75) is 19.0 Å². The van der Waals surface area contributed by atoms with Gasteiger partial charge in [-0.25, -0.2) is 4.98 Å². The molecule has 2 aromatic carbocycles. The smallest absolute Gasteiger partial charge is 0.138 e. The maximum absolute atomic E-state index is 5.04. The summed E-state index contributed by atoms with van der Waals surface area (Å²) in [5.41, 5.74) is 7.96. The van der Waals surface area contributed by atoms with Crippen LogP contribution in [0.2, 0.25) is 0 Å². The summed E-state index contributed by atoms with van der Waals surface area (Å²) >= 11 is 0. The summed E-state index contributed by atoms with van der Waals surface area (Å²) in [5.74, 6) is 0.826. The van der Waals surface area contributed by atoms with Gasteiger partial charge in [0.1, 0.15) is 11.9 Å². The van der Waals surface area contributed by atoms with Crippen LogP contribution in [0.4, 0.5) is 11.4 Å². The van der Waals surface area contributed by atoms with Crippen molar-refractivity contribution in [2.75, 3.05) is 4.90 Å². The standard InChI is InChI=1S/C31H24N6/c1-3-10-26-28(32-2)22-19-34-29-21-13-7-8-15-25(21)37(27-17-16-23-24(35-27)14-9-18-33-23)31(29)30(22)36(26)20-11-5-4-6-12-20/h3-19,26,28H,2H2,1H3/b10-3-. The summed E-state index contributed by atoms with van der Waals surface area (Å²) < 4.78 is 2.23. The lowest BCUT2D eigenvalue weighted by Gasteiger charge is -2.27. The number of nitrogens with zero attached hydrogens (tertiary/aromatic N) is 6. The lowest BCUT2D eigenvalue weighted by molar-refractivity contribution is 0.673. The third-order valence-electron chi connectivity index (χ3n) is 7.15. The van der Waals surface area contributed by atoms with Crippen LogP contribution in [0.25, 0.3) is 38.8 Å². The Kier molecular flexibility index (Phi) is 4.86. The van der Waals surface area contributed by atoms with E-state index in [0.29, 0.717) is 0 Å². The van der Waals surface area contributed by atoms with Crippen molar-refractivity contribution in [1.29, 1.82) is 0 Å². The quantitative estimate of drug-likeness (QED) is 0.202. The van der Waals surface area contributed by atoms with Gasteiger partial charge in [-0.15, -0.1) is 0 Å². The molecular weight excluding hydrogens is 456 g/mol. The summed E-state index contributed by atoms with van der Waals surface area (Å²) in [5, 5.41) is 1.08. The van der Waals surface area contributed by atoms with E-state index < -0.39 is 0 Å². The van der Waals surface area contributed by atoms with Gasteiger partial charge in [0.05, 0.1) is 39.3 Å². The van der Waals surface area contributed by atoms with Crippen molar-refractivity contribution in [1.82, 2.24) is 19.5 Å². The highest BCUT2D eigenvalue weighted by Crippen LogP contribution is 2.51. The first-order chi connectivity index (χ1) is 18.3. The van der Waals surface area contributed by atoms with Gasteiger partial charge >= 0.3 is 0 Å². The summed E-state index contributed by atoms with van der Waals surface area (Å²) in [6.45, 7) is 6.02. The van der Waals surface area contributed by atoms with Crippen molar-refractivity contribution in [2.24, 2.45) is 4.99 Å². The Bertz CT molecular complexity index is 1840. The molecule has 4 aromatic heterocycles. The van der Waals surface area contributed by atoms with E-state index in [4.69, 9.17) is 9.97 Å². The Labute approximate surface area is 214 Å². The molecule has 1 aliphatic rings. The van der Waals surface area contributed by atoms with E-state index in [1.807, 2.05) is 43.5 Å². The third-order valence-corrected chi connectivity index (χ3v) is 7.15. The molecule has 0 saturated carbocycles. The molecule has 37 heavy (non-hydrogen) atoms. The fraction of sp³-hybridized carbons (Fsp3) is 0.0968. The van der Waals surface area contributed by atoms with Crippen LogP contribution in [0, 0.1) is 0 Å². The van der Waals surface area contributed by atoms with Gasteiger partial charge in [-0.3, -0.25) is 19.5 Å². The molecule has 0 amide bonds. The monoisotopic (exact) mass is 480 g/mol. The minimum atomic E-state index is -0.150. The second-order valence-corrected chi connectivity index (χ2v) is 9.17. The average Bonchev–Trinajstić information content (AvgIpc) is 3.46. The van der Waals surface area contributed by atoms with Crippen molar-refractivity contribution in [3.8, 4) is 5.82 Å². The molecule has 2 atom stereocenters. The second-order valence-electron chi connectivity index (χ2n) is 9.17. The minimum Gasteiger partial charge on any atom is -0.330 e. The predicted molar refractivity (Wildman–Crippen MR) is 151 cm³/mol. The van der Waals surface area contributed by atoms with Crippen molar-refractivity contribution in [3.63, 3.8) is 0 Å². The van der Waals surface area contributed by atoms with Gasteiger partial charge in [0.25, 0.3) is 0 Å². The number of hydrogen-bond acceptors (Lipinski definition) is 5. The van der Waals surface area contributed by atoms with E-state index in [9.17, 15) is 0 Å². The summed E-state index contributed by atoms with van der Waals surface area (Å²) in [6.07, 6.45) is 8.06. The molecule has 1 aliphatic heterocycles. The Balaban J connectivity index is 1.63. The topological polar surface area (TPSA) is 59.2 Å². The van der Waals surface area contributed by atoms with E-state index in [1.165, 1.54) is 0 Å². The minimum absolute atomic E-state index is 0.0208. The van der Waals surface area contributed by atoms with Crippen molar-refractivity contribution in [3.05, 3.63) is 109 Å². The first kappa shape index (κ1) is 21.4. The molecule has 7 rings (SSSR count). The highest BCUT2D eigenvalue weighted by atomic mass is 15.2. The van der Waals surface area contributed by atoms with Gasteiger partial charge in [-0.05, 0) is 56.1 Å². The Morgan fingerprint density at radius 3 is 2.57 bits per heavy atom. The largest absolute Gasteiger partial charge is 0.330 e. The Hall–Kier alpha value is -4.84. The van der Waals surface area contributed by atoms with Gasteiger partial charge in [0.15, 0.2) is 0 Å². The normalized spacial score (nSPS) is 17.3. The zero-order valence-electron chi connectivity index (χ0n) is 20.4. The number of aliphatic imine (C=N–C) groups is 1. The summed E-state index contributed by atoms with van der Waals surface area (Å²) in [7, 11) is 0. The maximum atomic E-state index is 5.04. The molecule has 6 aromatic rings. The molecule has 178 valence electrons. The highest BCUT2D eigenvalue weighted by Gasteiger charge is 2.40. The summed E-state index contributed by atoms with van der Waals surface area (Å²) in [6, 6.07) is 26.7. The highest BCUT2D eigenvalue weighted by molar-refractivity contribution is 6.12. The van der Waals surface area contributed by atoms with Gasteiger partial charge in [0.2, 0.25) is 0 Å². The van der Waals surface area contributed by atoms with Crippen molar-refractivity contribution >= 4 is 51.1 Å². The molecule has 2 unspecified atom stereocenters. The maximum Gasteiger partial charge on any atom is 0.138 e. The molecule has 0 bridgehead atoms. The molecule has 5 heterocycles. The zero-order chi connectivity index (χ0) is 24.9. The van der Waals surface area contributed by atoms with Crippen LogP contribution >= 0.6 is 0 Å². The molecule has 0 saturated heterocycles. The fourth-order valence-corrected chi connectivity index (χ4v) is 5.64. The predicted octanol–water partition coefficient (Wildman–Crippen LogP) is 6.96. The van der Waals surface area contributed by atoms with Gasteiger partial charge < -0.3 is 4.90 Å². The zero-order valence-corrected chi connectivity index (χ0v) is 20.4. The van der Waals surface area contributed by atoms with Gasteiger partial charge in [-0.1, -0.05) is 48.6 Å². The molecule has 0 aliphatic carbocycles. The number of para-hydroxylation sites is 2. The molecule has 6 heteroatoms. The number of pyridine rings is 3. The Morgan fingerprint density at radius 1 is 0.892 bits per heavy atom. The van der Waals surface area contributed by atoms with E-state index in [0.717, 1.165) is 55.7 Å². The molecule has 0 fully saturated rings. The fourth-order valence-electron chi connectivity index (χ4n) is 5.64. The van der Waals surface area contributed by atoms with Crippen LogP contribution in [0.15, 0.2) is 108 Å². The van der Waals surface area contributed by atoms with Crippen LogP contribution in [-0.4, -0.2) is 32.3 Å². The molecule has 0 spiro atoms. The first-order valence-corrected chi connectivity index (χ1v) is 12.4. The number of anilines is 2. The lowest BCUT2D eigenvalue weighted by atomic mass is 10.0. The summed E-state index contributed by atoms with van der Waals surface area (Å²) in [4.78, 5) is 21.5. The van der Waals surface area contributed by atoms with Gasteiger partial charge in [-0.2, -0.15) is 0 Å². The second kappa shape index (κ2) is 8.38. The molecular formula is C31H24N6. The first-order valence-electron chi connectivity index (χ1n) is 12.4. The van der Waals surface area contributed by atoms with E-state index in [2.05, 4.69) is 86.8 Å². The molecule has 0 N–H and O–H groups in total. The van der Waals surface area contributed by atoms with Crippen molar-refractivity contribution < 1.29 is 0 Å². The van der Waals surface area contributed by atoms with E-state index >= 15 is 0 Å². The van der Waals surface area contributed by atoms with Crippen LogP contribution < -0.4 is 4.90 Å². The van der Waals surface area contributed by atoms with Crippen LogP contribution in [0.3, 0.4) is 0 Å². The lowest BCUT2D eigenvalue weighted by Crippen LogP contribution is -2.27. The number of fused-ring (bicyclic) bond motifs is 6. The number of aromatic nitrogens is 4. The van der Waals surface area contributed by atoms with Crippen LogP contribution in [0.5, 0.6) is 0 Å².